The fourth-order valence-corrected chi connectivity index (χ4v) is 1.14. The monoisotopic (exact) mass is 189 g/mol. The molecule has 2 aromatic rings. The Labute approximate surface area is 81.6 Å². The lowest BCUT2D eigenvalue weighted by Gasteiger charge is -2.04. The smallest absolute Gasteiger partial charge is 0.153 e. The average molecular weight is 189 g/mol. The number of nitrogens with zero attached hydrogens (tertiary/aromatic N) is 3. The summed E-state index contributed by atoms with van der Waals surface area (Å²) in [5.74, 6) is 0.653. The van der Waals surface area contributed by atoms with Crippen molar-refractivity contribution < 1.29 is 0 Å². The molecule has 72 valence electrons. The van der Waals surface area contributed by atoms with Gasteiger partial charge in [-0.3, -0.25) is 4.68 Å². The molecular weight excluding hydrogens is 178 g/mol. The molecule has 0 atom stereocenters. The number of aromatic nitrogens is 3. The van der Waals surface area contributed by atoms with E-state index in [0.717, 1.165) is 5.69 Å². The van der Waals surface area contributed by atoms with Gasteiger partial charge in [0.1, 0.15) is 0 Å². The Hall–Kier alpha value is -2.04. The van der Waals surface area contributed by atoms with Gasteiger partial charge in [0, 0.05) is 19.4 Å². The predicted octanol–water partition coefficient (Wildman–Crippen LogP) is 1.14. The molecule has 0 saturated heterocycles. The van der Waals surface area contributed by atoms with Crippen LogP contribution in [-0.4, -0.2) is 14.8 Å². The summed E-state index contributed by atoms with van der Waals surface area (Å²) < 4.78 is 1.71. The number of nitrogens with one attached hydrogen (secondary N) is 1. The van der Waals surface area contributed by atoms with Gasteiger partial charge in [-0.2, -0.15) is 5.10 Å². The second-order valence-electron chi connectivity index (χ2n) is 2.97. The summed E-state index contributed by atoms with van der Waals surface area (Å²) in [5, 5.41) is 7.10. The molecule has 0 amide bonds. The zero-order valence-corrected chi connectivity index (χ0v) is 7.81. The van der Waals surface area contributed by atoms with Gasteiger partial charge in [0.15, 0.2) is 5.82 Å². The molecule has 5 heteroatoms. The summed E-state index contributed by atoms with van der Waals surface area (Å²) in [5.41, 5.74) is 7.22. The van der Waals surface area contributed by atoms with Crippen LogP contribution < -0.4 is 11.1 Å². The highest BCUT2D eigenvalue weighted by Gasteiger charge is 2.00. The Morgan fingerprint density at radius 2 is 2.36 bits per heavy atom. The van der Waals surface area contributed by atoms with E-state index in [4.69, 9.17) is 5.73 Å². The van der Waals surface area contributed by atoms with Crippen molar-refractivity contribution in [2.45, 2.75) is 0 Å². The highest BCUT2D eigenvalue weighted by Crippen LogP contribution is 2.18. The van der Waals surface area contributed by atoms with Crippen molar-refractivity contribution in [1.82, 2.24) is 14.8 Å². The van der Waals surface area contributed by atoms with Gasteiger partial charge in [0.25, 0.3) is 0 Å². The normalized spacial score (nSPS) is 10.1. The van der Waals surface area contributed by atoms with E-state index in [-0.39, 0.29) is 0 Å². The molecule has 2 heterocycles. The summed E-state index contributed by atoms with van der Waals surface area (Å²) >= 11 is 0. The number of aryl methyl sites for hydroxylation is 1. The molecule has 5 nitrogen and oxygen atoms in total. The van der Waals surface area contributed by atoms with Crippen molar-refractivity contribution in [3.05, 3.63) is 30.7 Å². The molecule has 0 aromatic carbocycles. The summed E-state index contributed by atoms with van der Waals surface area (Å²) in [6.45, 7) is 0. The van der Waals surface area contributed by atoms with Crippen molar-refractivity contribution in [2.24, 2.45) is 7.05 Å². The van der Waals surface area contributed by atoms with Gasteiger partial charge in [0.2, 0.25) is 0 Å². The van der Waals surface area contributed by atoms with Crippen molar-refractivity contribution in [1.29, 1.82) is 0 Å². The number of pyridine rings is 1. The van der Waals surface area contributed by atoms with Gasteiger partial charge in [-0.25, -0.2) is 4.98 Å². The van der Waals surface area contributed by atoms with Crippen LogP contribution in [0, 0.1) is 0 Å². The number of anilines is 3. The van der Waals surface area contributed by atoms with Crippen LogP contribution in [0.4, 0.5) is 17.2 Å². The number of nitrogen functional groups attached to an aromatic ring is 1. The molecule has 2 rings (SSSR count). The molecule has 14 heavy (non-hydrogen) atoms. The lowest BCUT2D eigenvalue weighted by Crippen LogP contribution is -1.97. The molecule has 0 aliphatic rings. The van der Waals surface area contributed by atoms with Crippen LogP contribution in [0.25, 0.3) is 0 Å². The van der Waals surface area contributed by atoms with E-state index >= 15 is 0 Å². The van der Waals surface area contributed by atoms with E-state index in [2.05, 4.69) is 15.4 Å². The molecule has 0 fully saturated rings. The van der Waals surface area contributed by atoms with Gasteiger partial charge >= 0.3 is 0 Å². The van der Waals surface area contributed by atoms with E-state index in [0.29, 0.717) is 11.5 Å². The average Bonchev–Trinajstić information content (AvgIpc) is 2.56. The van der Waals surface area contributed by atoms with Crippen LogP contribution in [0.5, 0.6) is 0 Å². The minimum absolute atomic E-state index is 0.622. The quantitative estimate of drug-likeness (QED) is 0.743. The lowest BCUT2D eigenvalue weighted by molar-refractivity contribution is 0.768. The van der Waals surface area contributed by atoms with Crippen molar-refractivity contribution in [2.75, 3.05) is 11.1 Å². The van der Waals surface area contributed by atoms with Gasteiger partial charge in [-0.15, -0.1) is 0 Å². The van der Waals surface area contributed by atoms with Gasteiger partial charge in [-0.1, -0.05) is 0 Å². The topological polar surface area (TPSA) is 68.8 Å². The SMILES string of the molecule is Cn1cc(Nc2ncccc2N)cn1. The van der Waals surface area contributed by atoms with E-state index in [1.165, 1.54) is 0 Å². The fourth-order valence-electron chi connectivity index (χ4n) is 1.14. The predicted molar refractivity (Wildman–Crippen MR) is 55.1 cm³/mol. The largest absolute Gasteiger partial charge is 0.396 e. The molecule has 0 radical (unpaired) electrons. The molecule has 0 aliphatic carbocycles. The Balaban J connectivity index is 2.23. The molecule has 0 unspecified atom stereocenters. The summed E-state index contributed by atoms with van der Waals surface area (Å²) in [6, 6.07) is 3.59. The van der Waals surface area contributed by atoms with Gasteiger partial charge in [0.05, 0.1) is 17.6 Å². The third-order valence-electron chi connectivity index (χ3n) is 1.81. The maximum absolute atomic E-state index is 5.72. The third-order valence-corrected chi connectivity index (χ3v) is 1.81. The van der Waals surface area contributed by atoms with E-state index < -0.39 is 0 Å². The second kappa shape index (κ2) is 3.37. The van der Waals surface area contributed by atoms with Crippen LogP contribution in [0.3, 0.4) is 0 Å². The van der Waals surface area contributed by atoms with Crippen LogP contribution in [0.1, 0.15) is 0 Å². The Morgan fingerprint density at radius 1 is 1.50 bits per heavy atom. The number of hydrogen-bond donors (Lipinski definition) is 2. The minimum atomic E-state index is 0.622. The molecule has 3 N–H and O–H groups in total. The maximum atomic E-state index is 5.72. The number of hydrogen-bond acceptors (Lipinski definition) is 4. The maximum Gasteiger partial charge on any atom is 0.153 e. The highest BCUT2D eigenvalue weighted by atomic mass is 15.3. The third kappa shape index (κ3) is 1.66. The molecule has 0 aliphatic heterocycles. The Kier molecular flexibility index (Phi) is 2.06. The van der Waals surface area contributed by atoms with Crippen LogP contribution in [-0.2, 0) is 7.05 Å². The van der Waals surface area contributed by atoms with Crippen LogP contribution in [0.15, 0.2) is 30.7 Å². The Bertz CT molecular complexity index is 434. The van der Waals surface area contributed by atoms with E-state index in [1.54, 1.807) is 29.2 Å². The zero-order chi connectivity index (χ0) is 9.97. The minimum Gasteiger partial charge on any atom is -0.396 e. The zero-order valence-electron chi connectivity index (χ0n) is 7.81. The van der Waals surface area contributed by atoms with E-state index in [1.807, 2.05) is 13.2 Å². The standard InChI is InChI=1S/C9H11N5/c1-14-6-7(5-12-14)13-9-8(10)3-2-4-11-9/h2-6H,10H2,1H3,(H,11,13). The first-order chi connectivity index (χ1) is 6.75. The molecule has 0 bridgehead atoms. The van der Waals surface area contributed by atoms with Crippen LogP contribution >= 0.6 is 0 Å². The second-order valence-corrected chi connectivity index (χ2v) is 2.97. The van der Waals surface area contributed by atoms with Crippen LogP contribution in [0.2, 0.25) is 0 Å². The first-order valence-electron chi connectivity index (χ1n) is 4.22. The number of nitrogens with two attached hydrogens (primary N) is 1. The van der Waals surface area contributed by atoms with Gasteiger partial charge < -0.3 is 11.1 Å². The molecule has 0 saturated carbocycles. The van der Waals surface area contributed by atoms with Crippen molar-refractivity contribution >= 4 is 17.2 Å². The summed E-state index contributed by atoms with van der Waals surface area (Å²) in [7, 11) is 1.85. The number of rotatable bonds is 2. The van der Waals surface area contributed by atoms with Crippen molar-refractivity contribution in [3.8, 4) is 0 Å². The van der Waals surface area contributed by atoms with Gasteiger partial charge in [-0.05, 0) is 12.1 Å². The first-order valence-corrected chi connectivity index (χ1v) is 4.22. The first kappa shape index (κ1) is 8.55. The van der Waals surface area contributed by atoms with E-state index in [9.17, 15) is 0 Å². The molecular formula is C9H11N5. The fraction of sp³-hybridized carbons (Fsp3) is 0.111. The lowest BCUT2D eigenvalue weighted by atomic mass is 10.4. The highest BCUT2D eigenvalue weighted by molar-refractivity contribution is 5.67. The summed E-state index contributed by atoms with van der Waals surface area (Å²) in [4.78, 5) is 4.11. The molecule has 2 aromatic heterocycles. The molecule has 0 spiro atoms. The Morgan fingerprint density at radius 3 is 3.00 bits per heavy atom. The van der Waals surface area contributed by atoms with Crippen molar-refractivity contribution in [3.63, 3.8) is 0 Å². The summed E-state index contributed by atoms with van der Waals surface area (Å²) in [6.07, 6.45) is 5.26.